The number of ether oxygens (including phenoxy) is 1. The van der Waals surface area contributed by atoms with Crippen LogP contribution in [0.25, 0.3) is 11.2 Å². The summed E-state index contributed by atoms with van der Waals surface area (Å²) in [6.45, 7) is 0.194. The lowest BCUT2D eigenvalue weighted by molar-refractivity contribution is 0.419. The number of benzene rings is 2. The van der Waals surface area contributed by atoms with Gasteiger partial charge in [0.1, 0.15) is 5.75 Å². The SMILES string of the molecule is Cn1c(=O)c2c(nc(Oc3ccccc3Br)n2Cc2ccc(Cl)cc2Cl)n(C)c1=O. The maximum atomic E-state index is 13.0. The summed E-state index contributed by atoms with van der Waals surface area (Å²) in [4.78, 5) is 29.8. The molecule has 4 aromatic rings. The highest BCUT2D eigenvalue weighted by Crippen LogP contribution is 2.31. The molecule has 30 heavy (non-hydrogen) atoms. The largest absolute Gasteiger partial charge is 0.424 e. The van der Waals surface area contributed by atoms with Crippen molar-refractivity contribution in [2.45, 2.75) is 6.54 Å². The third kappa shape index (κ3) is 3.55. The summed E-state index contributed by atoms with van der Waals surface area (Å²) >= 11 is 15.8. The van der Waals surface area contributed by atoms with Crippen molar-refractivity contribution in [1.29, 1.82) is 0 Å². The lowest BCUT2D eigenvalue weighted by atomic mass is 10.2. The van der Waals surface area contributed by atoms with Crippen molar-refractivity contribution < 1.29 is 4.74 Å². The quantitative estimate of drug-likeness (QED) is 0.410. The van der Waals surface area contributed by atoms with E-state index >= 15 is 0 Å². The summed E-state index contributed by atoms with van der Waals surface area (Å²) in [6, 6.07) is 12.5. The molecule has 0 unspecified atom stereocenters. The van der Waals surface area contributed by atoms with Crippen LogP contribution >= 0.6 is 39.1 Å². The van der Waals surface area contributed by atoms with E-state index in [1.165, 1.54) is 11.6 Å². The molecule has 0 aliphatic rings. The molecule has 2 aromatic carbocycles. The number of hydrogen-bond acceptors (Lipinski definition) is 4. The van der Waals surface area contributed by atoms with Gasteiger partial charge < -0.3 is 4.74 Å². The molecule has 0 radical (unpaired) electrons. The standard InChI is InChI=1S/C20H15BrCl2N4O3/c1-25-17-16(18(28)26(2)20(25)29)27(10-11-7-8-12(22)9-14(11)23)19(24-17)30-15-6-4-3-5-13(15)21/h3-9H,10H2,1-2H3. The Kier molecular flexibility index (Phi) is 5.48. The minimum atomic E-state index is -0.479. The van der Waals surface area contributed by atoms with Crippen LogP contribution in [-0.4, -0.2) is 18.7 Å². The molecular formula is C20H15BrCl2N4O3. The Labute approximate surface area is 189 Å². The van der Waals surface area contributed by atoms with Crippen molar-refractivity contribution >= 4 is 50.3 Å². The van der Waals surface area contributed by atoms with E-state index in [1.54, 1.807) is 35.9 Å². The Morgan fingerprint density at radius 2 is 1.80 bits per heavy atom. The van der Waals surface area contributed by atoms with Crippen LogP contribution in [0.2, 0.25) is 10.0 Å². The Bertz CT molecular complexity index is 1410. The van der Waals surface area contributed by atoms with Gasteiger partial charge >= 0.3 is 11.7 Å². The zero-order valence-electron chi connectivity index (χ0n) is 15.9. The summed E-state index contributed by atoms with van der Waals surface area (Å²) in [5.74, 6) is 0.512. The first-order chi connectivity index (χ1) is 14.3. The van der Waals surface area contributed by atoms with Gasteiger partial charge in [-0.15, -0.1) is 0 Å². The Balaban J connectivity index is 1.98. The van der Waals surface area contributed by atoms with E-state index in [0.29, 0.717) is 21.4 Å². The average Bonchev–Trinajstić information content (AvgIpc) is 3.07. The monoisotopic (exact) mass is 508 g/mol. The second-order valence-corrected chi connectivity index (χ2v) is 8.32. The number of halogens is 3. The van der Waals surface area contributed by atoms with Gasteiger partial charge in [0.25, 0.3) is 5.56 Å². The molecule has 0 N–H and O–H groups in total. The molecule has 154 valence electrons. The molecule has 10 heteroatoms. The molecule has 0 saturated carbocycles. The molecule has 0 bridgehead atoms. The average molecular weight is 510 g/mol. The molecule has 0 aliphatic carbocycles. The lowest BCUT2D eigenvalue weighted by Gasteiger charge is -2.12. The summed E-state index contributed by atoms with van der Waals surface area (Å²) < 4.78 is 10.7. The highest BCUT2D eigenvalue weighted by atomic mass is 79.9. The van der Waals surface area contributed by atoms with Crippen molar-refractivity contribution in [3.63, 3.8) is 0 Å². The minimum absolute atomic E-state index is 0.154. The fourth-order valence-corrected chi connectivity index (χ4v) is 3.93. The summed E-state index contributed by atoms with van der Waals surface area (Å²) in [6.07, 6.45) is 0. The maximum Gasteiger partial charge on any atom is 0.332 e. The van der Waals surface area contributed by atoms with E-state index in [1.807, 2.05) is 18.2 Å². The zero-order chi connectivity index (χ0) is 21.6. The number of hydrogen-bond donors (Lipinski definition) is 0. The smallest absolute Gasteiger partial charge is 0.332 e. The van der Waals surface area contributed by atoms with E-state index in [4.69, 9.17) is 27.9 Å². The zero-order valence-corrected chi connectivity index (χ0v) is 19.0. The molecule has 0 aliphatic heterocycles. The van der Waals surface area contributed by atoms with Gasteiger partial charge in [-0.2, -0.15) is 4.98 Å². The fourth-order valence-electron chi connectivity index (χ4n) is 3.10. The van der Waals surface area contributed by atoms with Crippen LogP contribution in [0.4, 0.5) is 0 Å². The van der Waals surface area contributed by atoms with Gasteiger partial charge in [0.15, 0.2) is 11.2 Å². The Hall–Kier alpha value is -2.55. The third-order valence-electron chi connectivity index (χ3n) is 4.69. The second-order valence-electron chi connectivity index (χ2n) is 6.63. The van der Waals surface area contributed by atoms with Crippen LogP contribution < -0.4 is 16.0 Å². The number of imidazole rings is 1. The molecular weight excluding hydrogens is 495 g/mol. The molecule has 0 spiro atoms. The first-order valence-electron chi connectivity index (χ1n) is 8.80. The fraction of sp³-hybridized carbons (Fsp3) is 0.150. The number of nitrogens with zero attached hydrogens (tertiary/aromatic N) is 4. The van der Waals surface area contributed by atoms with Crippen molar-refractivity contribution in [3.8, 4) is 11.8 Å². The van der Waals surface area contributed by atoms with E-state index < -0.39 is 11.2 Å². The van der Waals surface area contributed by atoms with Crippen LogP contribution in [0.3, 0.4) is 0 Å². The highest BCUT2D eigenvalue weighted by Gasteiger charge is 2.22. The molecule has 2 aromatic heterocycles. The summed E-state index contributed by atoms with van der Waals surface area (Å²) in [7, 11) is 2.98. The van der Waals surface area contributed by atoms with Gasteiger partial charge in [-0.05, 0) is 45.8 Å². The summed E-state index contributed by atoms with van der Waals surface area (Å²) in [5.41, 5.74) is 0.206. The van der Waals surface area contributed by atoms with Gasteiger partial charge in [0.2, 0.25) is 0 Å². The van der Waals surface area contributed by atoms with Crippen LogP contribution in [0, 0.1) is 0 Å². The first-order valence-corrected chi connectivity index (χ1v) is 10.4. The molecule has 2 heterocycles. The van der Waals surface area contributed by atoms with Crippen LogP contribution in [-0.2, 0) is 20.6 Å². The van der Waals surface area contributed by atoms with E-state index in [0.717, 1.165) is 9.04 Å². The minimum Gasteiger partial charge on any atom is -0.424 e. The lowest BCUT2D eigenvalue weighted by Crippen LogP contribution is -2.37. The predicted octanol–water partition coefficient (Wildman–Crippen LogP) is 4.34. The van der Waals surface area contributed by atoms with E-state index in [2.05, 4.69) is 20.9 Å². The Morgan fingerprint density at radius 3 is 2.50 bits per heavy atom. The van der Waals surface area contributed by atoms with Crippen molar-refractivity contribution in [2.24, 2.45) is 14.1 Å². The van der Waals surface area contributed by atoms with Gasteiger partial charge in [0, 0.05) is 24.1 Å². The molecule has 0 amide bonds. The topological polar surface area (TPSA) is 71.1 Å². The Morgan fingerprint density at radius 1 is 1.07 bits per heavy atom. The molecule has 0 saturated heterocycles. The number of aryl methyl sites for hydroxylation is 1. The van der Waals surface area contributed by atoms with Crippen molar-refractivity contribution in [2.75, 3.05) is 0 Å². The van der Waals surface area contributed by atoms with E-state index in [9.17, 15) is 9.59 Å². The molecule has 4 rings (SSSR count). The van der Waals surface area contributed by atoms with Gasteiger partial charge in [-0.1, -0.05) is 41.4 Å². The number of rotatable bonds is 4. The normalized spacial score (nSPS) is 11.2. The molecule has 7 nitrogen and oxygen atoms in total. The van der Waals surface area contributed by atoms with Crippen LogP contribution in [0.15, 0.2) is 56.5 Å². The van der Waals surface area contributed by atoms with Crippen LogP contribution in [0.1, 0.15) is 5.56 Å². The van der Waals surface area contributed by atoms with Gasteiger partial charge in [0.05, 0.1) is 11.0 Å². The summed E-state index contributed by atoms with van der Waals surface area (Å²) in [5, 5.41) is 0.945. The number of para-hydroxylation sites is 1. The molecule has 0 fully saturated rings. The highest BCUT2D eigenvalue weighted by molar-refractivity contribution is 9.10. The first kappa shape index (κ1) is 20.7. The second kappa shape index (κ2) is 7.94. The molecule has 0 atom stereocenters. The predicted molar refractivity (Wildman–Crippen MR) is 120 cm³/mol. The third-order valence-corrected chi connectivity index (χ3v) is 5.94. The van der Waals surface area contributed by atoms with Gasteiger partial charge in [-0.3, -0.25) is 18.5 Å². The van der Waals surface area contributed by atoms with Crippen LogP contribution in [0.5, 0.6) is 11.8 Å². The van der Waals surface area contributed by atoms with E-state index in [-0.39, 0.29) is 23.7 Å². The number of aromatic nitrogens is 4. The number of fused-ring (bicyclic) bond motifs is 1. The van der Waals surface area contributed by atoms with Crippen molar-refractivity contribution in [3.05, 3.63) is 83.4 Å². The maximum absolute atomic E-state index is 13.0. The van der Waals surface area contributed by atoms with Crippen molar-refractivity contribution in [1.82, 2.24) is 18.7 Å². The van der Waals surface area contributed by atoms with Gasteiger partial charge in [-0.25, -0.2) is 4.79 Å².